The Bertz CT molecular complexity index is 5070. The average molecular weight is 1920 g/mol. The number of nitrogens with two attached hydrogens (primary N) is 2. The summed E-state index contributed by atoms with van der Waals surface area (Å²) < 4.78 is 0. The number of hydrogen-bond donors (Lipinski definition) is 25. The number of nitrogens with zero attached hydrogens (tertiary/aromatic N) is 8. The number of aromatic amines is 8. The Hall–Kier alpha value is -14.3. The van der Waals surface area contributed by atoms with E-state index in [0.717, 1.165) is 0 Å². The number of carbonyl (C=O) groups is 15. The first kappa shape index (κ1) is 109. The van der Waals surface area contributed by atoms with Gasteiger partial charge in [0, 0.05) is 101 Å². The maximum Gasteiger partial charge on any atom is 0.326 e. The largest absolute Gasteiger partial charge is 0.480 e. The molecule has 8 aromatic rings. The summed E-state index contributed by atoms with van der Waals surface area (Å²) in [5.41, 5.74) is 14.4. The van der Waals surface area contributed by atoms with Crippen LogP contribution >= 0.6 is 0 Å². The Kier molecular flexibility index (Phi) is 43.4. The quantitative estimate of drug-likeness (QED) is 0.0189. The second-order valence-electron chi connectivity index (χ2n) is 37.0. The Morgan fingerprint density at radius 3 is 0.536 bits per heavy atom. The van der Waals surface area contributed by atoms with E-state index in [1.165, 1.54) is 94.0 Å². The van der Waals surface area contributed by atoms with Crippen molar-refractivity contribution in [2.45, 2.75) is 283 Å². The molecule has 15 atom stereocenters. The van der Waals surface area contributed by atoms with E-state index in [4.69, 9.17) is 11.5 Å². The number of carbonyl (C=O) groups excluding carboxylic acids is 14. The molecular formula is C90H136N32O16. The van der Waals surface area contributed by atoms with Crippen molar-refractivity contribution in [3.05, 3.63) is 146 Å². The van der Waals surface area contributed by atoms with Gasteiger partial charge < -0.3 is 131 Å². The number of hydrogen-bond acceptors (Lipinski definition) is 25. The summed E-state index contributed by atoms with van der Waals surface area (Å²) in [7, 11) is 0. The third kappa shape index (κ3) is 37.0. The fourth-order valence-electron chi connectivity index (χ4n) is 15.3. The Labute approximate surface area is 798 Å². The second-order valence-corrected chi connectivity index (χ2v) is 37.0. The van der Waals surface area contributed by atoms with Crippen LogP contribution < -0.4 is 85.9 Å². The Morgan fingerprint density at radius 1 is 0.239 bits per heavy atom. The average Bonchev–Trinajstić information content (AvgIpc) is 1.28. The normalized spacial score (nSPS) is 14.8. The van der Waals surface area contributed by atoms with Gasteiger partial charge in [-0.25, -0.2) is 44.7 Å². The van der Waals surface area contributed by atoms with Crippen LogP contribution in [0.2, 0.25) is 0 Å². The molecule has 0 aliphatic carbocycles. The van der Waals surface area contributed by atoms with Gasteiger partial charge >= 0.3 is 5.97 Å². The minimum atomic E-state index is -1.58. The highest BCUT2D eigenvalue weighted by Crippen LogP contribution is 2.19. The highest BCUT2D eigenvalue weighted by atomic mass is 16.4. The third-order valence-corrected chi connectivity index (χ3v) is 22.1. The topological polar surface area (TPSA) is 726 Å². The van der Waals surface area contributed by atoms with E-state index in [1.54, 1.807) is 61.6 Å². The van der Waals surface area contributed by atoms with Crippen LogP contribution in [0.4, 0.5) is 0 Å². The molecule has 0 radical (unpaired) electrons. The minimum absolute atomic E-state index is 0.0110. The molecule has 8 rings (SSSR count). The summed E-state index contributed by atoms with van der Waals surface area (Å²) in [6.07, 6.45) is 22.0. The zero-order valence-corrected chi connectivity index (χ0v) is 79.9. The molecule has 8 aromatic heterocycles. The number of nitrogens with one attached hydrogen (secondary N) is 22. The molecule has 0 unspecified atom stereocenters. The second kappa shape index (κ2) is 55.0. The molecule has 0 saturated carbocycles. The maximum atomic E-state index is 15.2. The van der Waals surface area contributed by atoms with Crippen molar-refractivity contribution in [1.29, 1.82) is 0 Å². The smallest absolute Gasteiger partial charge is 0.326 e. The fourth-order valence-corrected chi connectivity index (χ4v) is 15.3. The predicted molar refractivity (Wildman–Crippen MR) is 501 cm³/mol. The molecule has 0 spiro atoms. The SMILES string of the molecule is CC(C)C[C@H](NC(=O)[C@H](CC(C)C)NC(=O)[C@H](Cc1c[nH]cn1)NC(=O)[C@H](Cc1c[nH]cn1)NC(=O)[C@H](CC(C)C)NC(=O)[C@H](Cc1c[nH]cn1)NC(=O)[C@H](Cc1c[nH]cn1)NC(=O)[C@H](CC(C)C)NC(=O)[C@H](CC(C)C)NC(=O)[C@H](Cc1c[nH]cn1)NC(=O)[C@H](Cc1c[nH]cn1)NC(=O)[C@@H](N)CC(C)C)C(=O)N[C@@H](Cc1c[nH]cn1)C(=O)N[C@@H](Cc1c[nH]cn1)C(=O)N[C@@H](CCCCN)C(=O)O. The van der Waals surface area contributed by atoms with Gasteiger partial charge in [0.25, 0.3) is 0 Å². The molecule has 48 nitrogen and oxygen atoms in total. The van der Waals surface area contributed by atoms with E-state index < -0.39 is 179 Å². The number of unbranched alkanes of at least 4 members (excludes halogenated alkanes) is 1. The van der Waals surface area contributed by atoms with Crippen LogP contribution in [0.25, 0.3) is 0 Å². The highest BCUT2D eigenvalue weighted by Gasteiger charge is 2.41. The van der Waals surface area contributed by atoms with Gasteiger partial charge in [0.2, 0.25) is 82.7 Å². The molecule has 14 amide bonds. The first-order valence-electron chi connectivity index (χ1n) is 46.5. The minimum Gasteiger partial charge on any atom is -0.480 e. The molecule has 0 fully saturated rings. The number of imidazole rings is 8. The maximum absolute atomic E-state index is 15.2. The standard InChI is InChI=1S/C90H136N32O16/c1-47(2)17-61(92)76(123)110-68(23-53-31-93-39-101-53)83(130)120-70(25-55-33-95-41-103-55)84(131)113-63(18-48(3)4)77(124)112-66(21-51(9)10)80(127)117-74(29-59-37-99-45-107-59)88(135)122-72(27-57-35-97-43-105-57)86(133)115-67(22-52(11)12)81(128)118-75(30-60-38-100-46-108-60)89(136)121-71(26-56-34-96-42-104-56)85(132)114-64(19-49(5)6)78(125)111-65(20-50(7)8)79(126)116-73(28-58-36-98-44-106-58)87(134)119-69(24-54-32-94-40-102-54)82(129)109-62(90(137)138)15-13-14-16-91/h31-52,61-75H,13-30,91-92H2,1-12H3,(H,93,101)(H,94,102)(H,95,103)(H,96,104)(H,97,105)(H,98,106)(H,99,107)(H,100,108)(H,109,129)(H,110,123)(H,111,125)(H,112,124)(H,113,131)(H,114,132)(H,115,133)(H,116,126)(H,117,127)(H,118,128)(H,119,134)(H,120,130)(H,121,136)(H,122,135)(H,137,138)/t61-,62-,63-,64-,65-,66-,67-,68-,69-,70-,71-,72-,73-,74-,75-/m0/s1. The van der Waals surface area contributed by atoms with Gasteiger partial charge in [-0.15, -0.1) is 0 Å². The molecule has 752 valence electrons. The van der Waals surface area contributed by atoms with Gasteiger partial charge in [0.05, 0.1) is 102 Å². The van der Waals surface area contributed by atoms with Crippen LogP contribution in [0.5, 0.6) is 0 Å². The highest BCUT2D eigenvalue weighted by molar-refractivity contribution is 6.01. The van der Waals surface area contributed by atoms with Gasteiger partial charge in [-0.1, -0.05) is 83.1 Å². The lowest BCUT2D eigenvalue weighted by Crippen LogP contribution is -2.62. The van der Waals surface area contributed by atoms with Crippen molar-refractivity contribution in [2.75, 3.05) is 6.54 Å². The number of carboxylic acids is 1. The lowest BCUT2D eigenvalue weighted by Gasteiger charge is -2.29. The van der Waals surface area contributed by atoms with Crippen LogP contribution in [0, 0.1) is 35.5 Å². The molecular weight excluding hydrogens is 1790 g/mol. The summed E-state index contributed by atoms with van der Waals surface area (Å²) >= 11 is 0. The molecule has 0 bridgehead atoms. The summed E-state index contributed by atoms with van der Waals surface area (Å²) in [6, 6.07) is -21.1. The Balaban J connectivity index is 0.998. The number of H-pyrrole nitrogens is 8. The van der Waals surface area contributed by atoms with Crippen LogP contribution in [0.3, 0.4) is 0 Å². The van der Waals surface area contributed by atoms with Crippen LogP contribution in [-0.4, -0.2) is 271 Å². The first-order chi connectivity index (χ1) is 65.8. The van der Waals surface area contributed by atoms with E-state index in [2.05, 4.69) is 154 Å². The van der Waals surface area contributed by atoms with E-state index in [9.17, 15) is 48.3 Å². The molecule has 8 heterocycles. The predicted octanol–water partition coefficient (Wildman–Crippen LogP) is -1.68. The zero-order valence-electron chi connectivity index (χ0n) is 79.9. The molecule has 138 heavy (non-hydrogen) atoms. The molecule has 27 N–H and O–H groups in total. The molecule has 48 heteroatoms. The van der Waals surface area contributed by atoms with Crippen molar-refractivity contribution < 1.29 is 77.0 Å². The van der Waals surface area contributed by atoms with Gasteiger partial charge in [0.15, 0.2) is 0 Å². The number of amides is 14. The van der Waals surface area contributed by atoms with Crippen molar-refractivity contribution in [3.8, 4) is 0 Å². The number of aliphatic carboxylic acids is 1. The number of aromatic nitrogens is 16. The molecule has 0 aromatic carbocycles. The van der Waals surface area contributed by atoms with Crippen LogP contribution in [-0.2, 0) is 123 Å². The molecule has 0 saturated heterocycles. The van der Waals surface area contributed by atoms with E-state index in [0.29, 0.717) is 48.6 Å². The summed E-state index contributed by atoms with van der Waals surface area (Å²) in [5.74, 6) is -14.7. The molecule has 0 aliphatic rings. The van der Waals surface area contributed by atoms with E-state index in [-0.39, 0.29) is 148 Å². The number of rotatable bonds is 61. The fraction of sp³-hybridized carbons (Fsp3) is 0.567. The monoisotopic (exact) mass is 1920 g/mol. The van der Waals surface area contributed by atoms with Crippen molar-refractivity contribution in [3.63, 3.8) is 0 Å². The van der Waals surface area contributed by atoms with Crippen molar-refractivity contribution in [1.82, 2.24) is 154 Å². The third-order valence-electron chi connectivity index (χ3n) is 22.1. The lowest BCUT2D eigenvalue weighted by atomic mass is 9.99. The van der Waals surface area contributed by atoms with Gasteiger partial charge in [-0.05, 0) is 99.8 Å². The molecule has 0 aliphatic heterocycles. The van der Waals surface area contributed by atoms with Crippen LogP contribution in [0.1, 0.15) is 186 Å². The van der Waals surface area contributed by atoms with Gasteiger partial charge in [-0.3, -0.25) is 67.1 Å². The lowest BCUT2D eigenvalue weighted by molar-refractivity contribution is -0.142. The van der Waals surface area contributed by atoms with E-state index >= 15 is 28.8 Å². The summed E-state index contributed by atoms with van der Waals surface area (Å²) in [4.78, 5) is 276. The van der Waals surface area contributed by atoms with Gasteiger partial charge in [-0.2, -0.15) is 0 Å². The summed E-state index contributed by atoms with van der Waals surface area (Å²) in [5, 5.41) is 48.5. The van der Waals surface area contributed by atoms with Crippen LogP contribution in [0.15, 0.2) is 100 Å². The van der Waals surface area contributed by atoms with E-state index in [1.807, 2.05) is 27.7 Å². The van der Waals surface area contributed by atoms with Crippen molar-refractivity contribution >= 4 is 88.7 Å². The van der Waals surface area contributed by atoms with Gasteiger partial charge in [0.1, 0.15) is 84.6 Å². The zero-order chi connectivity index (χ0) is 101. The summed E-state index contributed by atoms with van der Waals surface area (Å²) in [6.45, 7) is 22.0. The first-order valence-corrected chi connectivity index (χ1v) is 46.5. The Morgan fingerprint density at radius 2 is 0.391 bits per heavy atom. The van der Waals surface area contributed by atoms with Crippen molar-refractivity contribution in [2.24, 2.45) is 47.0 Å². The number of carboxylic acid groups (broad SMARTS) is 1.